The van der Waals surface area contributed by atoms with E-state index >= 15 is 0 Å². The number of hydrogen-bond donors (Lipinski definition) is 2. The minimum atomic E-state index is -0.593. The summed E-state index contributed by atoms with van der Waals surface area (Å²) in [7, 11) is 1.62. The van der Waals surface area contributed by atoms with Gasteiger partial charge in [0, 0.05) is 32.7 Å². The van der Waals surface area contributed by atoms with Crippen molar-refractivity contribution in [3.05, 3.63) is 60.2 Å². The van der Waals surface area contributed by atoms with E-state index in [1.165, 1.54) is 0 Å². The summed E-state index contributed by atoms with van der Waals surface area (Å²) in [6.45, 7) is 3.70. The van der Waals surface area contributed by atoms with E-state index in [1.807, 2.05) is 54.6 Å². The number of amides is 1. The van der Waals surface area contributed by atoms with Crippen LogP contribution in [0.25, 0.3) is 0 Å². The summed E-state index contributed by atoms with van der Waals surface area (Å²) in [6.07, 6.45) is -0.593. The monoisotopic (exact) mass is 399 g/mol. The van der Waals surface area contributed by atoms with Crippen molar-refractivity contribution in [3.63, 3.8) is 0 Å². The fraction of sp³-hybridized carbons (Fsp3) is 0.409. The van der Waals surface area contributed by atoms with Crippen molar-refractivity contribution >= 4 is 5.91 Å². The van der Waals surface area contributed by atoms with E-state index in [4.69, 9.17) is 15.2 Å². The van der Waals surface area contributed by atoms with Gasteiger partial charge in [0.05, 0.1) is 7.11 Å². The first kappa shape index (κ1) is 21.1. The van der Waals surface area contributed by atoms with Gasteiger partial charge in [0.15, 0.2) is 0 Å². The number of benzene rings is 2. The molecule has 1 fully saturated rings. The summed E-state index contributed by atoms with van der Waals surface area (Å²) >= 11 is 0. The number of ether oxygens (including phenoxy) is 2. The molecule has 1 amide bonds. The van der Waals surface area contributed by atoms with Gasteiger partial charge in [0.25, 0.3) is 0 Å². The molecule has 1 aliphatic heterocycles. The lowest BCUT2D eigenvalue weighted by Gasteiger charge is -2.38. The number of hydrogen-bond acceptors (Lipinski definition) is 6. The number of aliphatic hydroxyl groups is 1. The quantitative estimate of drug-likeness (QED) is 0.660. The summed E-state index contributed by atoms with van der Waals surface area (Å²) in [4.78, 5) is 16.3. The van der Waals surface area contributed by atoms with Crippen molar-refractivity contribution in [2.24, 2.45) is 5.73 Å². The molecule has 3 N–H and O–H groups in total. The van der Waals surface area contributed by atoms with Crippen molar-refractivity contribution in [2.45, 2.75) is 12.1 Å². The molecule has 2 atom stereocenters. The summed E-state index contributed by atoms with van der Waals surface area (Å²) in [5.74, 6) is 1.12. The maximum Gasteiger partial charge on any atom is 0.239 e. The molecule has 0 aliphatic carbocycles. The summed E-state index contributed by atoms with van der Waals surface area (Å²) in [5, 5.41) is 10.3. The lowest BCUT2D eigenvalue weighted by Crippen LogP contribution is -2.52. The Hall–Kier alpha value is -2.61. The fourth-order valence-corrected chi connectivity index (χ4v) is 3.61. The molecule has 2 aromatic carbocycles. The number of piperazine rings is 1. The first-order valence-corrected chi connectivity index (χ1v) is 9.82. The Morgan fingerprint density at radius 3 is 2.24 bits per heavy atom. The van der Waals surface area contributed by atoms with Gasteiger partial charge in [0.1, 0.15) is 30.3 Å². The van der Waals surface area contributed by atoms with Crippen LogP contribution in [0, 0.1) is 0 Å². The Labute approximate surface area is 171 Å². The highest BCUT2D eigenvalue weighted by atomic mass is 16.5. The molecule has 29 heavy (non-hydrogen) atoms. The molecular formula is C22H29N3O4. The van der Waals surface area contributed by atoms with Crippen LogP contribution in [0.5, 0.6) is 11.5 Å². The maximum atomic E-state index is 12.0. The predicted octanol–water partition coefficient (Wildman–Crippen LogP) is 1.28. The number of aliphatic hydroxyl groups excluding tert-OH is 1. The zero-order chi connectivity index (χ0) is 20.6. The lowest BCUT2D eigenvalue weighted by atomic mass is 10.0. The Morgan fingerprint density at radius 1 is 1.03 bits per heavy atom. The minimum absolute atomic E-state index is 0.223. The number of nitrogens with two attached hydrogens (primary N) is 1. The molecule has 2 aromatic rings. The Kier molecular flexibility index (Phi) is 7.46. The average molecular weight is 399 g/mol. The number of β-amino-alcohol motifs (C(OH)–C–C–N with tert-alkyl or cyclic N) is 1. The topological polar surface area (TPSA) is 88.3 Å². The van der Waals surface area contributed by atoms with Crippen LogP contribution in [0.15, 0.2) is 54.6 Å². The van der Waals surface area contributed by atoms with Crippen molar-refractivity contribution < 1.29 is 19.4 Å². The normalized spacial score (nSPS) is 17.4. The van der Waals surface area contributed by atoms with E-state index in [0.717, 1.165) is 24.4 Å². The molecule has 0 radical (unpaired) electrons. The number of nitrogens with zero attached hydrogens (tertiary/aromatic N) is 2. The SMILES string of the molecule is COc1ccc(OCC(O)CN2CCN(C(C(N)=O)c3ccccc3)CC2)cc1. The molecule has 2 unspecified atom stereocenters. The molecule has 0 saturated carbocycles. The van der Waals surface area contributed by atoms with Crippen molar-refractivity contribution in [1.82, 2.24) is 9.80 Å². The second-order valence-electron chi connectivity index (χ2n) is 7.19. The van der Waals surface area contributed by atoms with Gasteiger partial charge in [-0.2, -0.15) is 0 Å². The average Bonchev–Trinajstić information content (AvgIpc) is 2.74. The van der Waals surface area contributed by atoms with Gasteiger partial charge in [0.2, 0.25) is 5.91 Å². The highest BCUT2D eigenvalue weighted by molar-refractivity contribution is 5.81. The highest BCUT2D eigenvalue weighted by Crippen LogP contribution is 2.22. The van der Waals surface area contributed by atoms with Crippen molar-refractivity contribution in [3.8, 4) is 11.5 Å². The van der Waals surface area contributed by atoms with Crippen molar-refractivity contribution in [2.75, 3.05) is 46.4 Å². The van der Waals surface area contributed by atoms with Crippen LogP contribution in [-0.4, -0.2) is 73.4 Å². The minimum Gasteiger partial charge on any atom is -0.497 e. The maximum absolute atomic E-state index is 12.0. The molecule has 156 valence electrons. The molecule has 0 bridgehead atoms. The van der Waals surface area contributed by atoms with Crippen molar-refractivity contribution in [1.29, 1.82) is 0 Å². The van der Waals surface area contributed by atoms with Crippen LogP contribution in [0.4, 0.5) is 0 Å². The van der Waals surface area contributed by atoms with Gasteiger partial charge in [-0.15, -0.1) is 0 Å². The molecule has 1 saturated heterocycles. The number of carbonyl (C=O) groups is 1. The zero-order valence-electron chi connectivity index (χ0n) is 16.7. The summed E-state index contributed by atoms with van der Waals surface area (Å²) in [5.41, 5.74) is 6.59. The largest absolute Gasteiger partial charge is 0.497 e. The van der Waals surface area contributed by atoms with Gasteiger partial charge in [-0.1, -0.05) is 30.3 Å². The van der Waals surface area contributed by atoms with E-state index < -0.39 is 12.1 Å². The highest BCUT2D eigenvalue weighted by Gasteiger charge is 2.29. The molecule has 7 nitrogen and oxygen atoms in total. The van der Waals surface area contributed by atoms with Crippen LogP contribution in [0.2, 0.25) is 0 Å². The third-order valence-electron chi connectivity index (χ3n) is 5.13. The van der Waals surface area contributed by atoms with E-state index in [-0.39, 0.29) is 12.5 Å². The first-order valence-electron chi connectivity index (χ1n) is 9.82. The molecule has 0 aromatic heterocycles. The van der Waals surface area contributed by atoms with Gasteiger partial charge < -0.3 is 20.3 Å². The standard InChI is InChI=1S/C22H29N3O4/c1-28-19-7-9-20(10-8-19)29-16-18(26)15-24-11-13-25(14-12-24)21(22(23)27)17-5-3-2-4-6-17/h2-10,18,21,26H,11-16H2,1H3,(H2,23,27). The smallest absolute Gasteiger partial charge is 0.239 e. The number of primary amides is 1. The van der Waals surface area contributed by atoms with Gasteiger partial charge in [-0.3, -0.25) is 14.6 Å². The van der Waals surface area contributed by atoms with Gasteiger partial charge >= 0.3 is 0 Å². The Balaban J connectivity index is 1.45. The second kappa shape index (κ2) is 10.2. The van der Waals surface area contributed by atoms with E-state index in [9.17, 15) is 9.90 Å². The van der Waals surface area contributed by atoms with E-state index in [0.29, 0.717) is 25.4 Å². The summed E-state index contributed by atoms with van der Waals surface area (Å²) < 4.78 is 10.8. The first-order chi connectivity index (χ1) is 14.1. The van der Waals surface area contributed by atoms with Crippen LogP contribution in [-0.2, 0) is 4.79 Å². The second-order valence-corrected chi connectivity index (χ2v) is 7.19. The fourth-order valence-electron chi connectivity index (χ4n) is 3.61. The van der Waals surface area contributed by atoms with Crippen LogP contribution < -0.4 is 15.2 Å². The Bertz CT molecular complexity index is 761. The van der Waals surface area contributed by atoms with E-state index in [2.05, 4.69) is 9.80 Å². The molecule has 1 aliphatic rings. The predicted molar refractivity (Wildman–Crippen MR) is 111 cm³/mol. The third kappa shape index (κ3) is 5.93. The van der Waals surface area contributed by atoms with Crippen LogP contribution in [0.3, 0.4) is 0 Å². The summed E-state index contributed by atoms with van der Waals surface area (Å²) in [6, 6.07) is 16.5. The zero-order valence-corrected chi connectivity index (χ0v) is 16.7. The van der Waals surface area contributed by atoms with Gasteiger partial charge in [-0.25, -0.2) is 0 Å². The molecular weight excluding hydrogens is 370 g/mol. The number of rotatable bonds is 9. The molecule has 1 heterocycles. The Morgan fingerprint density at radius 2 is 1.66 bits per heavy atom. The van der Waals surface area contributed by atoms with E-state index in [1.54, 1.807) is 7.11 Å². The van der Waals surface area contributed by atoms with Crippen LogP contribution >= 0.6 is 0 Å². The molecule has 0 spiro atoms. The molecule has 3 rings (SSSR count). The van der Waals surface area contributed by atoms with Crippen LogP contribution in [0.1, 0.15) is 11.6 Å². The molecule has 7 heteroatoms. The number of carbonyl (C=O) groups excluding carboxylic acids is 1. The lowest BCUT2D eigenvalue weighted by molar-refractivity contribution is -0.124. The van der Waals surface area contributed by atoms with Gasteiger partial charge in [-0.05, 0) is 29.8 Å². The third-order valence-corrected chi connectivity index (χ3v) is 5.13. The number of methoxy groups -OCH3 is 1.